The molecule has 1 saturated heterocycles. The highest BCUT2D eigenvalue weighted by molar-refractivity contribution is 14.1. The molecule has 1 aliphatic heterocycles. The van der Waals surface area contributed by atoms with E-state index in [4.69, 9.17) is 4.74 Å². The lowest BCUT2D eigenvalue weighted by Crippen LogP contribution is -2.59. The van der Waals surface area contributed by atoms with Crippen molar-refractivity contribution in [2.24, 2.45) is 5.92 Å². The Morgan fingerprint density at radius 1 is 1.17 bits per heavy atom. The Balaban J connectivity index is 0.00000218. The molecule has 4 nitrogen and oxygen atoms in total. The summed E-state index contributed by atoms with van der Waals surface area (Å²) in [5.74, 6) is 1.39. The second kappa shape index (κ2) is 8.67. The molecule has 160 valence electrons. The first-order chi connectivity index (χ1) is 14.0. The zero-order valence-corrected chi connectivity index (χ0v) is 20.2. The smallest absolute Gasteiger partial charge is 0.410 e. The third-order valence-corrected chi connectivity index (χ3v) is 8.11. The highest BCUT2D eigenvalue weighted by Gasteiger charge is 2.53. The van der Waals surface area contributed by atoms with Crippen LogP contribution < -0.4 is 10.1 Å². The molecule has 0 spiro atoms. The average Bonchev–Trinajstić information content (AvgIpc) is 2.73. The number of hydrogen-bond donors (Lipinski definition) is 1. The number of nitrogens with zero attached hydrogens (tertiary/aromatic N) is 1. The van der Waals surface area contributed by atoms with E-state index < -0.39 is 6.09 Å². The number of amides is 1. The predicted molar refractivity (Wildman–Crippen MR) is 131 cm³/mol. The minimum atomic E-state index is -0.430. The molecule has 2 aromatic carbocycles. The third-order valence-electron chi connectivity index (χ3n) is 7.39. The molecule has 2 fully saturated rings. The molecular formula is C24H28ClIN2O2. The molecule has 1 N–H and O–H groups in total. The van der Waals surface area contributed by atoms with Crippen LogP contribution in [-0.4, -0.2) is 30.6 Å². The number of carbonyl (C=O) groups excluding carboxylic acids is 1. The van der Waals surface area contributed by atoms with Crippen LogP contribution in [0.1, 0.15) is 43.2 Å². The Hall–Kier alpha value is -1.31. The summed E-state index contributed by atoms with van der Waals surface area (Å²) >= 11 is 2.25. The quantitative estimate of drug-likeness (QED) is 0.476. The normalized spacial score (nSPS) is 27.3. The Kier molecular flexibility index (Phi) is 6.33. The molecule has 2 aliphatic carbocycles. The maximum atomic E-state index is 12.4. The largest absolute Gasteiger partial charge is 0.417 e. The molecule has 2 bridgehead atoms. The van der Waals surface area contributed by atoms with Gasteiger partial charge < -0.3 is 9.64 Å². The van der Waals surface area contributed by atoms with Gasteiger partial charge in [-0.1, -0.05) is 18.9 Å². The Morgan fingerprint density at radius 3 is 2.77 bits per heavy atom. The van der Waals surface area contributed by atoms with E-state index >= 15 is 0 Å². The van der Waals surface area contributed by atoms with Crippen LogP contribution in [0.2, 0.25) is 0 Å². The molecule has 1 heterocycles. The van der Waals surface area contributed by atoms with Crippen LogP contribution in [0.25, 0.3) is 0 Å². The maximum Gasteiger partial charge on any atom is 0.417 e. The third kappa shape index (κ3) is 3.84. The molecule has 2 aromatic rings. The first-order valence-corrected chi connectivity index (χ1v) is 11.7. The van der Waals surface area contributed by atoms with Crippen molar-refractivity contribution >= 4 is 46.8 Å². The molecule has 5 rings (SSSR count). The second-order valence-corrected chi connectivity index (χ2v) is 10.1. The number of piperidine rings is 1. The van der Waals surface area contributed by atoms with E-state index in [2.05, 4.69) is 52.0 Å². The van der Waals surface area contributed by atoms with Gasteiger partial charge in [0.15, 0.2) is 0 Å². The summed E-state index contributed by atoms with van der Waals surface area (Å²) in [5, 5.41) is 2.83. The van der Waals surface area contributed by atoms with E-state index in [9.17, 15) is 4.79 Å². The molecule has 1 amide bonds. The van der Waals surface area contributed by atoms with Gasteiger partial charge in [0.1, 0.15) is 5.75 Å². The number of rotatable bonds is 2. The lowest BCUT2D eigenvalue weighted by Gasteiger charge is -2.58. The van der Waals surface area contributed by atoms with E-state index in [1.54, 1.807) is 0 Å². The van der Waals surface area contributed by atoms with Gasteiger partial charge in [0.2, 0.25) is 0 Å². The molecule has 0 unspecified atom stereocenters. The topological polar surface area (TPSA) is 41.6 Å². The van der Waals surface area contributed by atoms with Gasteiger partial charge in [0.25, 0.3) is 0 Å². The highest BCUT2D eigenvalue weighted by Crippen LogP contribution is 2.55. The van der Waals surface area contributed by atoms with Crippen LogP contribution in [0.3, 0.4) is 0 Å². The van der Waals surface area contributed by atoms with Crippen molar-refractivity contribution in [3.05, 3.63) is 57.2 Å². The van der Waals surface area contributed by atoms with Gasteiger partial charge in [0.05, 0.1) is 0 Å². The molecule has 0 aromatic heterocycles. The van der Waals surface area contributed by atoms with E-state index in [0.717, 1.165) is 21.6 Å². The maximum absolute atomic E-state index is 12.4. The van der Waals surface area contributed by atoms with Crippen LogP contribution in [0.5, 0.6) is 5.75 Å². The van der Waals surface area contributed by atoms with Crippen LogP contribution in [-0.2, 0) is 11.8 Å². The highest BCUT2D eigenvalue weighted by atomic mass is 127. The van der Waals surface area contributed by atoms with Crippen LogP contribution in [0, 0.1) is 9.49 Å². The van der Waals surface area contributed by atoms with Gasteiger partial charge in [0, 0.05) is 20.7 Å². The summed E-state index contributed by atoms with van der Waals surface area (Å²) in [6, 6.07) is 14.7. The van der Waals surface area contributed by atoms with E-state index in [0.29, 0.717) is 11.8 Å². The monoisotopic (exact) mass is 538 g/mol. The number of fused-ring (bicyclic) bond motifs is 1. The van der Waals surface area contributed by atoms with Gasteiger partial charge in [-0.25, -0.2) is 4.79 Å². The zero-order chi connectivity index (χ0) is 20.0. The molecule has 6 heteroatoms. The molecule has 30 heavy (non-hydrogen) atoms. The van der Waals surface area contributed by atoms with E-state index in [1.807, 2.05) is 30.3 Å². The first-order valence-electron chi connectivity index (χ1n) is 10.6. The minimum Gasteiger partial charge on any atom is -0.410 e. The van der Waals surface area contributed by atoms with Crippen molar-refractivity contribution in [2.75, 3.05) is 18.9 Å². The fraction of sp³-hybridized carbons (Fsp3) is 0.458. The SMILES string of the molecule is CN1CC[C@]23CCCC[C@H]2[C@H]1Cc1ccc(OC(=O)Nc2ccc(I)cc2)cc13.Cl. The van der Waals surface area contributed by atoms with Gasteiger partial charge >= 0.3 is 6.09 Å². The van der Waals surface area contributed by atoms with Crippen molar-refractivity contribution in [2.45, 2.75) is 50.0 Å². The number of likely N-dealkylation sites (N-methyl/N-ethyl adjacent to an activating group) is 1. The van der Waals surface area contributed by atoms with Gasteiger partial charge in [-0.2, -0.15) is 0 Å². The van der Waals surface area contributed by atoms with E-state index in [1.165, 1.54) is 49.8 Å². The molecule has 3 aliphatic rings. The summed E-state index contributed by atoms with van der Waals surface area (Å²) in [7, 11) is 2.29. The van der Waals surface area contributed by atoms with Crippen molar-refractivity contribution in [1.82, 2.24) is 4.90 Å². The van der Waals surface area contributed by atoms with Crippen LogP contribution in [0.15, 0.2) is 42.5 Å². The van der Waals surface area contributed by atoms with E-state index in [-0.39, 0.29) is 17.8 Å². The summed E-state index contributed by atoms with van der Waals surface area (Å²) in [4.78, 5) is 15.0. The standard InChI is InChI=1S/C24H27IN2O2.ClH/c1-27-13-12-24-11-3-2-4-20(24)22(27)14-16-5-10-19(15-21(16)24)29-23(28)26-18-8-6-17(25)7-9-18;/h5-10,15,20,22H,2-4,11-14H2,1H3,(H,26,28);1H/t20-,22+,24+;/m0./s1. The number of benzene rings is 2. The number of carbonyl (C=O) groups is 1. The number of nitrogens with one attached hydrogen (secondary N) is 1. The zero-order valence-electron chi connectivity index (χ0n) is 17.2. The predicted octanol–water partition coefficient (Wildman–Crippen LogP) is 6.01. The van der Waals surface area contributed by atoms with Crippen LogP contribution in [0.4, 0.5) is 10.5 Å². The number of halogens is 2. The Labute approximate surface area is 198 Å². The summed E-state index contributed by atoms with van der Waals surface area (Å²) in [6.45, 7) is 1.17. The van der Waals surface area contributed by atoms with Crippen molar-refractivity contribution in [1.29, 1.82) is 0 Å². The number of likely N-dealkylation sites (tertiary alicyclic amines) is 1. The number of hydrogen-bond acceptors (Lipinski definition) is 3. The van der Waals surface area contributed by atoms with Gasteiger partial charge in [-0.15, -0.1) is 12.4 Å². The van der Waals surface area contributed by atoms with Crippen LogP contribution >= 0.6 is 35.0 Å². The summed E-state index contributed by atoms with van der Waals surface area (Å²) in [6.07, 6.45) is 7.16. The fourth-order valence-electron chi connectivity index (χ4n) is 6.02. The van der Waals surface area contributed by atoms with Crippen molar-refractivity contribution in [3.8, 4) is 5.75 Å². The number of ether oxygens (including phenoxy) is 1. The summed E-state index contributed by atoms with van der Waals surface area (Å²) in [5.41, 5.74) is 3.92. The number of anilines is 1. The lowest BCUT2D eigenvalue weighted by molar-refractivity contribution is 0.00275. The van der Waals surface area contributed by atoms with Gasteiger partial charge in [-0.3, -0.25) is 5.32 Å². The van der Waals surface area contributed by atoms with Crippen molar-refractivity contribution < 1.29 is 9.53 Å². The second-order valence-electron chi connectivity index (χ2n) is 8.85. The molecule has 0 radical (unpaired) electrons. The lowest BCUT2D eigenvalue weighted by atomic mass is 9.52. The Morgan fingerprint density at radius 2 is 1.97 bits per heavy atom. The fourth-order valence-corrected chi connectivity index (χ4v) is 6.38. The van der Waals surface area contributed by atoms with Crippen molar-refractivity contribution in [3.63, 3.8) is 0 Å². The average molecular weight is 539 g/mol. The Bertz CT molecular complexity index is 935. The first kappa shape index (κ1) is 21.9. The molecule has 1 saturated carbocycles. The molecular weight excluding hydrogens is 511 g/mol. The molecule has 3 atom stereocenters. The minimum absolute atomic E-state index is 0. The summed E-state index contributed by atoms with van der Waals surface area (Å²) < 4.78 is 6.82. The van der Waals surface area contributed by atoms with Gasteiger partial charge in [-0.05, 0) is 115 Å².